The van der Waals surface area contributed by atoms with Crippen LogP contribution in [0.2, 0.25) is 0 Å². The smallest absolute Gasteiger partial charge is 0.325 e. The average molecular weight is 195 g/mol. The van der Waals surface area contributed by atoms with Crippen LogP contribution >= 0.6 is 0 Å². The summed E-state index contributed by atoms with van der Waals surface area (Å²) in [6.07, 6.45) is 1.70. The second-order valence-electron chi connectivity index (χ2n) is 2.74. The van der Waals surface area contributed by atoms with Crippen molar-refractivity contribution in [1.29, 1.82) is 0 Å². The highest BCUT2D eigenvalue weighted by molar-refractivity contribution is 4.92. The predicted molar refractivity (Wildman–Crippen MR) is 46.2 cm³/mol. The van der Waals surface area contributed by atoms with Gasteiger partial charge in [0.25, 0.3) is 0 Å². The monoisotopic (exact) mass is 195 g/mol. The normalized spacial score (nSPS) is 10.6. The van der Waals surface area contributed by atoms with Gasteiger partial charge in [0.15, 0.2) is 5.82 Å². The molecule has 2 rings (SSSR count). The molecule has 2 aromatic rings. The van der Waals surface area contributed by atoms with E-state index in [0.717, 1.165) is 0 Å². The molecule has 0 saturated heterocycles. The number of aromatic amines is 2. The zero-order valence-electron chi connectivity index (χ0n) is 7.27. The lowest BCUT2D eigenvalue weighted by atomic mass is 10.5. The molecular formula is C6H9N7O. The molecule has 0 aliphatic rings. The molecule has 0 aliphatic carbocycles. The maximum absolute atomic E-state index is 10.7. The van der Waals surface area contributed by atoms with E-state index in [4.69, 9.17) is 5.73 Å². The van der Waals surface area contributed by atoms with Crippen LogP contribution in [-0.2, 0) is 13.1 Å². The Hall–Kier alpha value is -1.96. The Morgan fingerprint density at radius 1 is 1.57 bits per heavy atom. The second-order valence-corrected chi connectivity index (χ2v) is 2.74. The van der Waals surface area contributed by atoms with E-state index in [0.29, 0.717) is 24.6 Å². The van der Waals surface area contributed by atoms with Crippen molar-refractivity contribution < 1.29 is 0 Å². The third-order valence-electron chi connectivity index (χ3n) is 1.66. The highest BCUT2D eigenvalue weighted by Crippen LogP contribution is 1.93. The van der Waals surface area contributed by atoms with Gasteiger partial charge in [0, 0.05) is 6.54 Å². The SMILES string of the molecule is NCc1cn(Cc2n[nH]c(=O)[nH]2)nn1. The molecule has 0 unspecified atom stereocenters. The Morgan fingerprint density at radius 3 is 3.00 bits per heavy atom. The minimum atomic E-state index is -0.334. The van der Waals surface area contributed by atoms with Gasteiger partial charge in [0.05, 0.1) is 11.9 Å². The van der Waals surface area contributed by atoms with Crippen LogP contribution in [0, 0.1) is 0 Å². The molecule has 2 aromatic heterocycles. The standard InChI is InChI=1S/C6H9N7O/c7-1-4-2-13(12-9-4)3-5-8-6(14)11-10-5/h2H,1,3,7H2,(H2,8,10,11,14). The van der Waals surface area contributed by atoms with Crippen molar-refractivity contribution in [2.45, 2.75) is 13.1 Å². The van der Waals surface area contributed by atoms with Gasteiger partial charge in [-0.15, -0.1) is 5.10 Å². The van der Waals surface area contributed by atoms with Crippen LogP contribution in [0.15, 0.2) is 11.0 Å². The van der Waals surface area contributed by atoms with Gasteiger partial charge < -0.3 is 5.73 Å². The summed E-state index contributed by atoms with van der Waals surface area (Å²) >= 11 is 0. The summed E-state index contributed by atoms with van der Waals surface area (Å²) in [5, 5.41) is 13.6. The molecular weight excluding hydrogens is 186 g/mol. The number of aromatic nitrogens is 6. The summed E-state index contributed by atoms with van der Waals surface area (Å²) in [6.45, 7) is 0.711. The third-order valence-corrected chi connectivity index (χ3v) is 1.66. The fourth-order valence-corrected chi connectivity index (χ4v) is 1.04. The molecule has 4 N–H and O–H groups in total. The largest absolute Gasteiger partial charge is 0.340 e. The summed E-state index contributed by atoms with van der Waals surface area (Å²) in [6, 6.07) is 0. The van der Waals surface area contributed by atoms with Crippen molar-refractivity contribution in [2.75, 3.05) is 0 Å². The number of rotatable bonds is 3. The van der Waals surface area contributed by atoms with Gasteiger partial charge in [-0.05, 0) is 0 Å². The quantitative estimate of drug-likeness (QED) is 0.533. The molecule has 0 aliphatic heterocycles. The van der Waals surface area contributed by atoms with E-state index in [9.17, 15) is 4.79 Å². The van der Waals surface area contributed by atoms with E-state index in [2.05, 4.69) is 25.5 Å². The van der Waals surface area contributed by atoms with Gasteiger partial charge in [0.1, 0.15) is 6.54 Å². The van der Waals surface area contributed by atoms with Gasteiger partial charge in [0.2, 0.25) is 0 Å². The number of hydrogen-bond acceptors (Lipinski definition) is 5. The molecule has 0 atom stereocenters. The molecule has 0 radical (unpaired) electrons. The Kier molecular flexibility index (Phi) is 2.11. The predicted octanol–water partition coefficient (Wildman–Crippen LogP) is -1.80. The topological polar surface area (TPSA) is 118 Å². The van der Waals surface area contributed by atoms with E-state index in [1.54, 1.807) is 10.9 Å². The first-order valence-corrected chi connectivity index (χ1v) is 4.00. The Bertz CT molecular complexity index is 466. The lowest BCUT2D eigenvalue weighted by Gasteiger charge is -1.92. The van der Waals surface area contributed by atoms with Gasteiger partial charge in [-0.25, -0.2) is 14.6 Å². The van der Waals surface area contributed by atoms with E-state index in [1.807, 2.05) is 0 Å². The van der Waals surface area contributed by atoms with Crippen LogP contribution in [0.1, 0.15) is 11.5 Å². The van der Waals surface area contributed by atoms with Crippen LogP contribution in [0.3, 0.4) is 0 Å². The Labute approximate surface area is 78.1 Å². The molecule has 0 saturated carbocycles. The molecule has 0 bridgehead atoms. The van der Waals surface area contributed by atoms with E-state index < -0.39 is 0 Å². The zero-order valence-corrected chi connectivity index (χ0v) is 7.27. The maximum Gasteiger partial charge on any atom is 0.340 e. The van der Waals surface area contributed by atoms with Gasteiger partial charge >= 0.3 is 5.69 Å². The number of nitrogens with zero attached hydrogens (tertiary/aromatic N) is 4. The Balaban J connectivity index is 2.14. The van der Waals surface area contributed by atoms with Crippen molar-refractivity contribution >= 4 is 0 Å². The summed E-state index contributed by atoms with van der Waals surface area (Å²) in [5.41, 5.74) is 5.73. The minimum Gasteiger partial charge on any atom is -0.325 e. The minimum absolute atomic E-state index is 0.334. The molecule has 74 valence electrons. The highest BCUT2D eigenvalue weighted by Gasteiger charge is 2.02. The molecule has 0 amide bonds. The summed E-state index contributed by atoms with van der Waals surface area (Å²) in [7, 11) is 0. The van der Waals surface area contributed by atoms with Crippen molar-refractivity contribution in [3.05, 3.63) is 28.2 Å². The number of nitrogens with two attached hydrogens (primary N) is 1. The van der Waals surface area contributed by atoms with Gasteiger partial charge in [-0.2, -0.15) is 5.10 Å². The number of hydrogen-bond donors (Lipinski definition) is 3. The highest BCUT2D eigenvalue weighted by atomic mass is 16.1. The summed E-state index contributed by atoms with van der Waals surface area (Å²) in [5.74, 6) is 0.503. The first-order chi connectivity index (χ1) is 6.78. The number of H-pyrrole nitrogens is 2. The van der Waals surface area contributed by atoms with Crippen molar-refractivity contribution in [2.24, 2.45) is 5.73 Å². The lowest BCUT2D eigenvalue weighted by Crippen LogP contribution is -2.05. The molecule has 2 heterocycles. The zero-order chi connectivity index (χ0) is 9.97. The summed E-state index contributed by atoms with van der Waals surface area (Å²) in [4.78, 5) is 13.2. The fraction of sp³-hybridized carbons (Fsp3) is 0.333. The molecule has 8 nitrogen and oxygen atoms in total. The van der Waals surface area contributed by atoms with Crippen molar-refractivity contribution in [1.82, 2.24) is 30.2 Å². The van der Waals surface area contributed by atoms with Crippen molar-refractivity contribution in [3.63, 3.8) is 0 Å². The van der Waals surface area contributed by atoms with E-state index in [1.165, 1.54) is 0 Å². The molecule has 14 heavy (non-hydrogen) atoms. The van der Waals surface area contributed by atoms with Crippen LogP contribution in [0.5, 0.6) is 0 Å². The number of nitrogens with one attached hydrogen (secondary N) is 2. The first-order valence-electron chi connectivity index (χ1n) is 4.00. The van der Waals surface area contributed by atoms with Gasteiger partial charge in [-0.3, -0.25) is 4.98 Å². The van der Waals surface area contributed by atoms with Crippen LogP contribution in [-0.4, -0.2) is 30.2 Å². The van der Waals surface area contributed by atoms with Crippen LogP contribution in [0.4, 0.5) is 0 Å². The average Bonchev–Trinajstić information content (AvgIpc) is 2.76. The molecule has 0 aromatic carbocycles. The maximum atomic E-state index is 10.7. The molecule has 0 fully saturated rings. The first kappa shape index (κ1) is 8.63. The van der Waals surface area contributed by atoms with Crippen LogP contribution < -0.4 is 11.4 Å². The Morgan fingerprint density at radius 2 is 2.43 bits per heavy atom. The fourth-order valence-electron chi connectivity index (χ4n) is 1.04. The molecule has 0 spiro atoms. The van der Waals surface area contributed by atoms with Crippen LogP contribution in [0.25, 0.3) is 0 Å². The third kappa shape index (κ3) is 1.69. The lowest BCUT2D eigenvalue weighted by molar-refractivity contribution is 0.626. The van der Waals surface area contributed by atoms with E-state index >= 15 is 0 Å². The second kappa shape index (κ2) is 3.42. The molecule has 8 heteroatoms. The van der Waals surface area contributed by atoms with E-state index in [-0.39, 0.29) is 5.69 Å². The van der Waals surface area contributed by atoms with Gasteiger partial charge in [-0.1, -0.05) is 5.21 Å². The van der Waals surface area contributed by atoms with Crippen molar-refractivity contribution in [3.8, 4) is 0 Å². The summed E-state index contributed by atoms with van der Waals surface area (Å²) < 4.78 is 1.55.